The molecule has 1 aliphatic carbocycles. The van der Waals surface area contributed by atoms with Crippen molar-refractivity contribution in [3.63, 3.8) is 0 Å². The number of nitrogens with one attached hydrogen (secondary N) is 1. The molecule has 2 rings (SSSR count). The van der Waals surface area contributed by atoms with Crippen LogP contribution in [-0.2, 0) is 0 Å². The lowest BCUT2D eigenvalue weighted by Crippen LogP contribution is -2.41. The van der Waals surface area contributed by atoms with Crippen LogP contribution < -0.4 is 5.32 Å². The topological polar surface area (TPSA) is 15.3 Å². The fraction of sp³-hybridized carbons (Fsp3) is 0.667. The lowest BCUT2D eigenvalue weighted by Gasteiger charge is -2.39. The predicted molar refractivity (Wildman–Crippen MR) is 87.1 cm³/mol. The molecule has 0 saturated heterocycles. The summed E-state index contributed by atoms with van der Waals surface area (Å²) in [6.45, 7) is 4.47. The normalized spacial score (nSPS) is 24.9. The minimum absolute atomic E-state index is 0.562. The van der Waals surface area contributed by atoms with Gasteiger partial charge in [0.1, 0.15) is 0 Å². The van der Waals surface area contributed by atoms with E-state index in [9.17, 15) is 0 Å². The average Bonchev–Trinajstić information content (AvgIpc) is 2.50. The van der Waals surface area contributed by atoms with Crippen molar-refractivity contribution >= 4 is 0 Å². The Morgan fingerprint density at radius 1 is 1.15 bits per heavy atom. The van der Waals surface area contributed by atoms with Gasteiger partial charge in [-0.05, 0) is 58.7 Å². The molecule has 1 saturated carbocycles. The van der Waals surface area contributed by atoms with Crippen LogP contribution in [0.3, 0.4) is 0 Å². The van der Waals surface area contributed by atoms with Crippen molar-refractivity contribution in [1.82, 2.24) is 10.2 Å². The number of aryl methyl sites for hydroxylation is 1. The van der Waals surface area contributed by atoms with Crippen LogP contribution in [0.25, 0.3) is 0 Å². The zero-order chi connectivity index (χ0) is 14.5. The van der Waals surface area contributed by atoms with Crippen LogP contribution in [0.15, 0.2) is 24.3 Å². The summed E-state index contributed by atoms with van der Waals surface area (Å²) in [6.07, 6.45) is 6.46. The summed E-state index contributed by atoms with van der Waals surface area (Å²) in [5.41, 5.74) is 2.82. The molecular weight excluding hydrogens is 244 g/mol. The first kappa shape index (κ1) is 15.5. The maximum Gasteiger partial charge on any atom is 0.0345 e. The minimum Gasteiger partial charge on any atom is -0.317 e. The van der Waals surface area contributed by atoms with Crippen LogP contribution in [-0.4, -0.2) is 31.1 Å². The van der Waals surface area contributed by atoms with Gasteiger partial charge in [0.15, 0.2) is 0 Å². The summed E-state index contributed by atoms with van der Waals surface area (Å²) >= 11 is 0. The maximum atomic E-state index is 3.43. The van der Waals surface area contributed by atoms with Gasteiger partial charge in [-0.3, -0.25) is 4.90 Å². The van der Waals surface area contributed by atoms with Gasteiger partial charge in [0.2, 0.25) is 0 Å². The van der Waals surface area contributed by atoms with E-state index in [1.807, 2.05) is 0 Å². The largest absolute Gasteiger partial charge is 0.317 e. The SMILES string of the molecule is CCC(c1ccc(C)cc1)N(C)C1CCC(NC)CC1. The van der Waals surface area contributed by atoms with Crippen molar-refractivity contribution in [3.05, 3.63) is 35.4 Å². The predicted octanol–water partition coefficient (Wildman–Crippen LogP) is 3.91. The molecule has 1 unspecified atom stereocenters. The molecular formula is C18H30N2. The molecule has 1 atom stereocenters. The van der Waals surface area contributed by atoms with Crippen LogP contribution in [0.1, 0.15) is 56.2 Å². The standard InChI is InChI=1S/C18H30N2/c1-5-18(15-8-6-14(2)7-9-15)20(4)17-12-10-16(19-3)11-13-17/h6-9,16-19H,5,10-13H2,1-4H3. The zero-order valence-electron chi connectivity index (χ0n) is 13.5. The fourth-order valence-corrected chi connectivity index (χ4v) is 3.57. The van der Waals surface area contributed by atoms with E-state index in [-0.39, 0.29) is 0 Å². The van der Waals surface area contributed by atoms with Gasteiger partial charge >= 0.3 is 0 Å². The lowest BCUT2D eigenvalue weighted by atomic mass is 9.88. The van der Waals surface area contributed by atoms with Crippen molar-refractivity contribution in [2.24, 2.45) is 0 Å². The summed E-state index contributed by atoms with van der Waals surface area (Å²) in [7, 11) is 4.41. The van der Waals surface area contributed by atoms with E-state index in [0.717, 1.165) is 12.1 Å². The van der Waals surface area contributed by atoms with Gasteiger partial charge in [-0.1, -0.05) is 36.8 Å². The quantitative estimate of drug-likeness (QED) is 0.876. The Hall–Kier alpha value is -0.860. The van der Waals surface area contributed by atoms with Gasteiger partial charge in [0.25, 0.3) is 0 Å². The van der Waals surface area contributed by atoms with Crippen molar-refractivity contribution in [1.29, 1.82) is 0 Å². The second-order valence-corrected chi connectivity index (χ2v) is 6.29. The Morgan fingerprint density at radius 3 is 2.25 bits per heavy atom. The van der Waals surface area contributed by atoms with Crippen molar-refractivity contribution < 1.29 is 0 Å². The molecule has 1 aromatic carbocycles. The summed E-state index contributed by atoms with van der Waals surface area (Å²) in [6, 6.07) is 11.1. The summed E-state index contributed by atoms with van der Waals surface area (Å²) in [5, 5.41) is 3.43. The van der Waals surface area contributed by atoms with Crippen LogP contribution in [0.2, 0.25) is 0 Å². The van der Waals surface area contributed by atoms with E-state index >= 15 is 0 Å². The second-order valence-electron chi connectivity index (χ2n) is 6.29. The van der Waals surface area contributed by atoms with Crippen LogP contribution in [0.4, 0.5) is 0 Å². The fourth-order valence-electron chi connectivity index (χ4n) is 3.57. The second kappa shape index (κ2) is 7.24. The van der Waals surface area contributed by atoms with E-state index in [2.05, 4.69) is 62.4 Å². The third-order valence-corrected chi connectivity index (χ3v) is 5.02. The summed E-state index contributed by atoms with van der Waals surface area (Å²) < 4.78 is 0. The van der Waals surface area contributed by atoms with Gasteiger partial charge in [-0.2, -0.15) is 0 Å². The zero-order valence-corrected chi connectivity index (χ0v) is 13.5. The molecule has 0 bridgehead atoms. The summed E-state index contributed by atoms with van der Waals surface area (Å²) in [5.74, 6) is 0. The maximum absolute atomic E-state index is 3.43. The Bertz CT molecular complexity index is 390. The Labute approximate surface area is 124 Å². The molecule has 0 heterocycles. The third-order valence-electron chi connectivity index (χ3n) is 5.02. The smallest absolute Gasteiger partial charge is 0.0345 e. The highest BCUT2D eigenvalue weighted by Crippen LogP contribution is 2.31. The molecule has 2 heteroatoms. The van der Waals surface area contributed by atoms with Gasteiger partial charge in [0.05, 0.1) is 0 Å². The Balaban J connectivity index is 2.02. The molecule has 112 valence electrons. The molecule has 1 fully saturated rings. The molecule has 0 amide bonds. The van der Waals surface area contributed by atoms with E-state index in [1.165, 1.54) is 43.2 Å². The van der Waals surface area contributed by atoms with Crippen molar-refractivity contribution in [3.8, 4) is 0 Å². The van der Waals surface area contributed by atoms with E-state index < -0.39 is 0 Å². The Morgan fingerprint density at radius 2 is 1.75 bits per heavy atom. The molecule has 1 aliphatic rings. The molecule has 1 N–H and O–H groups in total. The van der Waals surface area contributed by atoms with E-state index in [4.69, 9.17) is 0 Å². The van der Waals surface area contributed by atoms with Crippen molar-refractivity contribution in [2.45, 2.75) is 64.1 Å². The number of rotatable bonds is 5. The van der Waals surface area contributed by atoms with Gasteiger partial charge in [-0.25, -0.2) is 0 Å². The van der Waals surface area contributed by atoms with Gasteiger partial charge < -0.3 is 5.32 Å². The molecule has 0 spiro atoms. The van der Waals surface area contributed by atoms with Crippen LogP contribution in [0.5, 0.6) is 0 Å². The number of nitrogens with zero attached hydrogens (tertiary/aromatic N) is 1. The van der Waals surface area contributed by atoms with Crippen molar-refractivity contribution in [2.75, 3.05) is 14.1 Å². The Kier molecular flexibility index (Phi) is 5.62. The van der Waals surface area contributed by atoms with Crippen LogP contribution in [0, 0.1) is 6.92 Å². The number of benzene rings is 1. The highest BCUT2D eigenvalue weighted by molar-refractivity contribution is 5.24. The molecule has 0 radical (unpaired) electrons. The highest BCUT2D eigenvalue weighted by Gasteiger charge is 2.27. The number of hydrogen-bond donors (Lipinski definition) is 1. The molecule has 20 heavy (non-hydrogen) atoms. The first-order valence-corrected chi connectivity index (χ1v) is 8.11. The monoisotopic (exact) mass is 274 g/mol. The molecule has 1 aromatic rings. The van der Waals surface area contributed by atoms with Crippen LogP contribution >= 0.6 is 0 Å². The van der Waals surface area contributed by atoms with E-state index in [0.29, 0.717) is 6.04 Å². The molecule has 2 nitrogen and oxygen atoms in total. The average molecular weight is 274 g/mol. The minimum atomic E-state index is 0.562. The number of hydrogen-bond acceptors (Lipinski definition) is 2. The van der Waals surface area contributed by atoms with Gasteiger partial charge in [-0.15, -0.1) is 0 Å². The van der Waals surface area contributed by atoms with E-state index in [1.54, 1.807) is 0 Å². The molecule has 0 aromatic heterocycles. The first-order chi connectivity index (χ1) is 9.65. The molecule has 0 aliphatic heterocycles. The first-order valence-electron chi connectivity index (χ1n) is 8.11. The lowest BCUT2D eigenvalue weighted by molar-refractivity contribution is 0.124. The third kappa shape index (κ3) is 3.62. The summed E-state index contributed by atoms with van der Waals surface area (Å²) in [4.78, 5) is 2.62. The highest BCUT2D eigenvalue weighted by atomic mass is 15.2. The van der Waals surface area contributed by atoms with Gasteiger partial charge in [0, 0.05) is 18.1 Å².